The van der Waals surface area contributed by atoms with Crippen molar-refractivity contribution >= 4 is 17.9 Å². The van der Waals surface area contributed by atoms with Gasteiger partial charge in [0.25, 0.3) is 5.91 Å². The average molecular weight is 443 g/mol. The molecular weight excluding hydrogens is 396 g/mol. The number of carbonyl (C=O) groups excluding carboxylic acids is 2. The summed E-state index contributed by atoms with van der Waals surface area (Å²) in [5.74, 6) is -0.463. The van der Waals surface area contributed by atoms with Crippen LogP contribution < -0.4 is 10.6 Å². The SMILES string of the molecule is CCCCCCCCCCCCCCCCNC(=O)/C(=C\c1ccccc1C)NC(C)=O. The van der Waals surface area contributed by atoms with Crippen molar-refractivity contribution < 1.29 is 9.59 Å². The van der Waals surface area contributed by atoms with Gasteiger partial charge in [-0.1, -0.05) is 115 Å². The first-order chi connectivity index (χ1) is 15.5. The summed E-state index contributed by atoms with van der Waals surface area (Å²) in [7, 11) is 0. The van der Waals surface area contributed by atoms with Gasteiger partial charge in [-0.05, 0) is 30.5 Å². The molecule has 0 unspecified atom stereocenters. The summed E-state index contributed by atoms with van der Waals surface area (Å²) in [5.41, 5.74) is 2.30. The predicted molar refractivity (Wildman–Crippen MR) is 136 cm³/mol. The lowest BCUT2D eigenvalue weighted by atomic mass is 10.0. The monoisotopic (exact) mass is 442 g/mol. The maximum Gasteiger partial charge on any atom is 0.267 e. The summed E-state index contributed by atoms with van der Waals surface area (Å²) in [5, 5.41) is 5.62. The smallest absolute Gasteiger partial charge is 0.267 e. The lowest BCUT2D eigenvalue weighted by molar-refractivity contribution is -0.122. The molecule has 180 valence electrons. The van der Waals surface area contributed by atoms with Gasteiger partial charge >= 0.3 is 0 Å². The van der Waals surface area contributed by atoms with E-state index in [0.717, 1.165) is 24.0 Å². The Morgan fingerprint density at radius 2 is 1.28 bits per heavy atom. The minimum Gasteiger partial charge on any atom is -0.351 e. The molecule has 0 aliphatic rings. The van der Waals surface area contributed by atoms with Crippen molar-refractivity contribution in [1.82, 2.24) is 10.6 Å². The van der Waals surface area contributed by atoms with Crippen LogP contribution in [0.1, 0.15) is 115 Å². The van der Waals surface area contributed by atoms with Crippen molar-refractivity contribution in [2.24, 2.45) is 0 Å². The van der Waals surface area contributed by atoms with Crippen LogP contribution in [0.3, 0.4) is 0 Å². The first-order valence-corrected chi connectivity index (χ1v) is 12.9. The Balaban J connectivity index is 2.12. The zero-order valence-corrected chi connectivity index (χ0v) is 20.8. The van der Waals surface area contributed by atoms with E-state index in [2.05, 4.69) is 17.6 Å². The molecular formula is C28H46N2O2. The van der Waals surface area contributed by atoms with E-state index in [9.17, 15) is 9.59 Å². The molecule has 1 aromatic carbocycles. The molecule has 0 bridgehead atoms. The Morgan fingerprint density at radius 3 is 1.78 bits per heavy atom. The van der Waals surface area contributed by atoms with Crippen LogP contribution >= 0.6 is 0 Å². The molecule has 0 aliphatic heterocycles. The highest BCUT2D eigenvalue weighted by molar-refractivity contribution is 6.01. The fourth-order valence-electron chi connectivity index (χ4n) is 3.87. The summed E-state index contributed by atoms with van der Waals surface area (Å²) < 4.78 is 0. The summed E-state index contributed by atoms with van der Waals surface area (Å²) in [6.45, 7) is 6.32. The van der Waals surface area contributed by atoms with Crippen molar-refractivity contribution in [2.45, 2.75) is 111 Å². The Labute approximate surface area is 196 Å². The fourth-order valence-corrected chi connectivity index (χ4v) is 3.87. The number of rotatable bonds is 18. The van der Waals surface area contributed by atoms with E-state index >= 15 is 0 Å². The lowest BCUT2D eigenvalue weighted by Crippen LogP contribution is -2.34. The first kappa shape index (κ1) is 27.9. The molecule has 4 nitrogen and oxygen atoms in total. The summed E-state index contributed by atoms with van der Waals surface area (Å²) in [4.78, 5) is 24.0. The average Bonchev–Trinajstić information content (AvgIpc) is 2.77. The number of amides is 2. The highest BCUT2D eigenvalue weighted by Gasteiger charge is 2.11. The van der Waals surface area contributed by atoms with E-state index in [1.165, 1.54) is 84.0 Å². The molecule has 32 heavy (non-hydrogen) atoms. The Bertz CT molecular complexity index is 682. The maximum absolute atomic E-state index is 12.5. The molecule has 2 amide bonds. The third-order valence-electron chi connectivity index (χ3n) is 5.86. The molecule has 0 aliphatic carbocycles. The number of unbranched alkanes of at least 4 members (excludes halogenated alkanes) is 13. The van der Waals surface area contributed by atoms with Crippen molar-refractivity contribution in [3.8, 4) is 0 Å². The molecule has 1 aromatic rings. The summed E-state index contributed by atoms with van der Waals surface area (Å²) in [6.07, 6.45) is 20.2. The van der Waals surface area contributed by atoms with Crippen LogP contribution in [0.2, 0.25) is 0 Å². The van der Waals surface area contributed by atoms with Crippen LogP contribution in [0.4, 0.5) is 0 Å². The van der Waals surface area contributed by atoms with Crippen LogP contribution in [0.25, 0.3) is 6.08 Å². The fraction of sp³-hybridized carbons (Fsp3) is 0.643. The minimum atomic E-state index is -0.239. The molecule has 4 heteroatoms. The Kier molecular flexibility index (Phi) is 16.1. The number of carbonyl (C=O) groups is 2. The van der Waals surface area contributed by atoms with Crippen LogP contribution in [0, 0.1) is 6.92 Å². The summed E-state index contributed by atoms with van der Waals surface area (Å²) >= 11 is 0. The van der Waals surface area contributed by atoms with E-state index in [4.69, 9.17) is 0 Å². The lowest BCUT2D eigenvalue weighted by Gasteiger charge is -2.10. The molecule has 0 saturated heterocycles. The molecule has 0 aromatic heterocycles. The topological polar surface area (TPSA) is 58.2 Å². The van der Waals surface area contributed by atoms with Crippen LogP contribution in [-0.2, 0) is 9.59 Å². The number of benzene rings is 1. The van der Waals surface area contributed by atoms with Crippen molar-refractivity contribution in [3.63, 3.8) is 0 Å². The minimum absolute atomic E-state index is 0.224. The van der Waals surface area contributed by atoms with Gasteiger partial charge in [0.15, 0.2) is 0 Å². The van der Waals surface area contributed by atoms with E-state index in [-0.39, 0.29) is 11.8 Å². The molecule has 0 radical (unpaired) electrons. The van der Waals surface area contributed by atoms with Crippen molar-refractivity contribution in [3.05, 3.63) is 41.1 Å². The third kappa shape index (κ3) is 14.1. The third-order valence-corrected chi connectivity index (χ3v) is 5.86. The first-order valence-electron chi connectivity index (χ1n) is 12.9. The molecule has 1 rings (SSSR count). The zero-order valence-electron chi connectivity index (χ0n) is 20.8. The summed E-state index contributed by atoms with van der Waals surface area (Å²) in [6, 6.07) is 7.82. The molecule has 0 atom stereocenters. The zero-order chi connectivity index (χ0) is 23.4. The van der Waals surface area contributed by atoms with Gasteiger partial charge in [-0.3, -0.25) is 9.59 Å². The van der Waals surface area contributed by atoms with E-state index < -0.39 is 0 Å². The van der Waals surface area contributed by atoms with E-state index in [1.807, 2.05) is 31.2 Å². The van der Waals surface area contributed by atoms with Gasteiger partial charge in [-0.15, -0.1) is 0 Å². The van der Waals surface area contributed by atoms with E-state index in [1.54, 1.807) is 6.08 Å². The Hall–Kier alpha value is -2.10. The van der Waals surface area contributed by atoms with Gasteiger partial charge < -0.3 is 10.6 Å². The highest BCUT2D eigenvalue weighted by Crippen LogP contribution is 2.13. The van der Waals surface area contributed by atoms with Crippen LogP contribution in [0.5, 0.6) is 0 Å². The number of nitrogens with one attached hydrogen (secondary N) is 2. The second-order valence-electron chi connectivity index (χ2n) is 8.95. The second-order valence-corrected chi connectivity index (χ2v) is 8.95. The normalized spacial score (nSPS) is 11.4. The van der Waals surface area contributed by atoms with Gasteiger partial charge in [0.05, 0.1) is 0 Å². The molecule has 0 saturated carbocycles. The number of hydrogen-bond acceptors (Lipinski definition) is 2. The quantitative estimate of drug-likeness (QED) is 0.189. The van der Waals surface area contributed by atoms with Gasteiger partial charge in [0.1, 0.15) is 5.70 Å². The Morgan fingerprint density at radius 1 is 0.781 bits per heavy atom. The maximum atomic E-state index is 12.5. The number of aryl methyl sites for hydroxylation is 1. The van der Waals surface area contributed by atoms with Gasteiger partial charge in [-0.25, -0.2) is 0 Å². The van der Waals surface area contributed by atoms with Crippen LogP contribution in [0.15, 0.2) is 30.0 Å². The predicted octanol–water partition coefficient (Wildman–Crippen LogP) is 7.07. The van der Waals surface area contributed by atoms with Gasteiger partial charge in [-0.2, -0.15) is 0 Å². The number of hydrogen-bond donors (Lipinski definition) is 2. The largest absolute Gasteiger partial charge is 0.351 e. The highest BCUT2D eigenvalue weighted by atomic mass is 16.2. The molecule has 2 N–H and O–H groups in total. The van der Waals surface area contributed by atoms with Crippen LogP contribution in [-0.4, -0.2) is 18.4 Å². The van der Waals surface area contributed by atoms with E-state index in [0.29, 0.717) is 12.2 Å². The second kappa shape index (κ2) is 18.5. The van der Waals surface area contributed by atoms with Crippen molar-refractivity contribution in [2.75, 3.05) is 6.54 Å². The standard InChI is InChI=1S/C28H46N2O2/c1-4-5-6-7-8-9-10-11-12-13-14-15-16-19-22-29-28(32)27(30-25(3)31)23-26-21-18-17-20-24(26)2/h17-18,20-21,23H,4-16,19,22H2,1-3H3,(H,29,32)(H,30,31)/b27-23+. The van der Waals surface area contributed by atoms with Crippen molar-refractivity contribution in [1.29, 1.82) is 0 Å². The molecule has 0 fully saturated rings. The molecule has 0 spiro atoms. The van der Waals surface area contributed by atoms with Gasteiger partial charge in [0, 0.05) is 13.5 Å². The molecule has 0 heterocycles. The van der Waals surface area contributed by atoms with Gasteiger partial charge in [0.2, 0.25) is 5.91 Å².